The van der Waals surface area contributed by atoms with Crippen LogP contribution in [0.15, 0.2) is 59.9 Å². The summed E-state index contributed by atoms with van der Waals surface area (Å²) in [6.45, 7) is 0. The fourth-order valence-corrected chi connectivity index (χ4v) is 3.53. The Morgan fingerprint density at radius 1 is 1.15 bits per heavy atom. The van der Waals surface area contributed by atoms with Crippen LogP contribution in [0.1, 0.15) is 0 Å². The second-order valence-electron chi connectivity index (χ2n) is 5.53. The highest BCUT2D eigenvalue weighted by Crippen LogP contribution is 2.32. The van der Waals surface area contributed by atoms with Crippen molar-refractivity contribution in [2.75, 3.05) is 5.75 Å². The summed E-state index contributed by atoms with van der Waals surface area (Å²) < 4.78 is 1.82. The number of nitrogens with one attached hydrogen (secondary N) is 1. The number of rotatable bonds is 5. The van der Waals surface area contributed by atoms with Crippen LogP contribution >= 0.6 is 23.4 Å². The summed E-state index contributed by atoms with van der Waals surface area (Å²) in [6.07, 6.45) is 1.87. The van der Waals surface area contributed by atoms with Crippen molar-refractivity contribution in [3.05, 3.63) is 59.8 Å². The van der Waals surface area contributed by atoms with Gasteiger partial charge in [-0.1, -0.05) is 41.6 Å². The Morgan fingerprint density at radius 3 is 2.69 bits per heavy atom. The number of aromatic amines is 1. The van der Waals surface area contributed by atoms with Gasteiger partial charge in [0.25, 0.3) is 0 Å². The van der Waals surface area contributed by atoms with Gasteiger partial charge < -0.3 is 14.9 Å². The van der Waals surface area contributed by atoms with Gasteiger partial charge in [0.1, 0.15) is 0 Å². The van der Waals surface area contributed by atoms with Crippen LogP contribution in [0.5, 0.6) is 0 Å². The number of nitrogens with zero attached hydrogens (tertiary/aromatic N) is 3. The van der Waals surface area contributed by atoms with Crippen LogP contribution in [0.2, 0.25) is 5.02 Å². The molecule has 0 saturated carbocycles. The zero-order valence-electron chi connectivity index (χ0n) is 13.3. The third-order valence-electron chi connectivity index (χ3n) is 3.87. The predicted octanol–water partition coefficient (Wildman–Crippen LogP) is 2.91. The van der Waals surface area contributed by atoms with Gasteiger partial charge in [0, 0.05) is 39.1 Å². The molecule has 0 aliphatic rings. The molecule has 0 aliphatic carbocycles. The SMILES string of the molecule is O=C([O-])CSc1nnc(-c2c[nH]c3ccccc23)n1-c1ccc(Cl)cc1. The van der Waals surface area contributed by atoms with E-state index in [0.717, 1.165) is 33.9 Å². The van der Waals surface area contributed by atoms with Crippen molar-refractivity contribution in [2.24, 2.45) is 0 Å². The maximum atomic E-state index is 10.9. The van der Waals surface area contributed by atoms with E-state index < -0.39 is 5.97 Å². The molecule has 0 unspecified atom stereocenters. The average molecular weight is 384 g/mol. The van der Waals surface area contributed by atoms with Gasteiger partial charge in [-0.3, -0.25) is 4.57 Å². The lowest BCUT2D eigenvalue weighted by molar-refractivity contribution is -0.301. The van der Waals surface area contributed by atoms with Crippen LogP contribution in [-0.2, 0) is 4.79 Å². The number of carboxylic acids is 1. The molecule has 2 aromatic carbocycles. The summed E-state index contributed by atoms with van der Waals surface area (Å²) in [4.78, 5) is 14.1. The van der Waals surface area contributed by atoms with E-state index in [1.54, 1.807) is 12.1 Å². The molecule has 0 amide bonds. The molecule has 0 bridgehead atoms. The van der Waals surface area contributed by atoms with Crippen LogP contribution in [0.25, 0.3) is 28.0 Å². The number of H-pyrrole nitrogens is 1. The highest BCUT2D eigenvalue weighted by atomic mass is 35.5. The normalized spacial score (nSPS) is 11.1. The van der Waals surface area contributed by atoms with E-state index in [-0.39, 0.29) is 5.75 Å². The summed E-state index contributed by atoms with van der Waals surface area (Å²) in [5.41, 5.74) is 2.65. The fourth-order valence-electron chi connectivity index (χ4n) is 2.74. The Hall–Kier alpha value is -2.77. The molecule has 2 aromatic heterocycles. The molecule has 0 fully saturated rings. The molecule has 130 valence electrons. The number of thioether (sulfide) groups is 1. The van der Waals surface area contributed by atoms with Gasteiger partial charge in [0.15, 0.2) is 11.0 Å². The molecule has 2 heterocycles. The number of para-hydroxylation sites is 1. The minimum atomic E-state index is -1.16. The van der Waals surface area contributed by atoms with Crippen molar-refractivity contribution in [3.8, 4) is 17.1 Å². The number of halogens is 1. The zero-order valence-corrected chi connectivity index (χ0v) is 14.9. The van der Waals surface area contributed by atoms with Gasteiger partial charge >= 0.3 is 0 Å². The number of aliphatic carboxylic acids is 1. The van der Waals surface area contributed by atoms with Crippen LogP contribution in [0.3, 0.4) is 0 Å². The van der Waals surface area contributed by atoms with Crippen molar-refractivity contribution in [2.45, 2.75) is 5.16 Å². The summed E-state index contributed by atoms with van der Waals surface area (Å²) in [5, 5.41) is 21.4. The van der Waals surface area contributed by atoms with Crippen molar-refractivity contribution < 1.29 is 9.90 Å². The Bertz CT molecular complexity index is 1090. The Morgan fingerprint density at radius 2 is 1.92 bits per heavy atom. The lowest BCUT2D eigenvalue weighted by Crippen LogP contribution is -2.24. The number of carbonyl (C=O) groups excluding carboxylic acids is 1. The number of hydrogen-bond donors (Lipinski definition) is 1. The maximum absolute atomic E-state index is 10.9. The molecule has 4 aromatic rings. The third-order valence-corrected chi connectivity index (χ3v) is 5.02. The minimum Gasteiger partial charge on any atom is -0.549 e. The van der Waals surface area contributed by atoms with Crippen molar-refractivity contribution in [1.29, 1.82) is 0 Å². The molecule has 0 radical (unpaired) electrons. The molecule has 0 saturated heterocycles. The Kier molecular flexibility index (Phi) is 4.40. The van der Waals surface area contributed by atoms with Crippen LogP contribution in [0.4, 0.5) is 0 Å². The number of carbonyl (C=O) groups is 1. The Balaban J connectivity index is 1.89. The first-order valence-corrected chi connectivity index (χ1v) is 9.10. The van der Waals surface area contributed by atoms with Crippen molar-refractivity contribution >= 4 is 40.2 Å². The molecule has 4 rings (SSSR count). The summed E-state index contributed by atoms with van der Waals surface area (Å²) >= 11 is 7.06. The molecule has 1 N–H and O–H groups in total. The minimum absolute atomic E-state index is 0.209. The number of benzene rings is 2. The van der Waals surface area contributed by atoms with Gasteiger partial charge in [-0.2, -0.15) is 0 Å². The third kappa shape index (κ3) is 3.07. The van der Waals surface area contributed by atoms with Crippen LogP contribution < -0.4 is 5.11 Å². The van der Waals surface area contributed by atoms with Gasteiger partial charge in [-0.05, 0) is 30.3 Å². The molecule has 8 heteroatoms. The van der Waals surface area contributed by atoms with Crippen LogP contribution in [-0.4, -0.2) is 31.5 Å². The summed E-state index contributed by atoms with van der Waals surface area (Å²) in [7, 11) is 0. The summed E-state index contributed by atoms with van der Waals surface area (Å²) in [5.74, 6) is -0.750. The highest BCUT2D eigenvalue weighted by molar-refractivity contribution is 7.99. The molecular weight excluding hydrogens is 372 g/mol. The van der Waals surface area contributed by atoms with Crippen molar-refractivity contribution in [3.63, 3.8) is 0 Å². The maximum Gasteiger partial charge on any atom is 0.196 e. The van der Waals surface area contributed by atoms with Gasteiger partial charge in [-0.25, -0.2) is 0 Å². The number of aromatic nitrogens is 4. The first-order valence-electron chi connectivity index (χ1n) is 7.74. The van der Waals surface area contributed by atoms with E-state index in [2.05, 4.69) is 15.2 Å². The molecule has 6 nitrogen and oxygen atoms in total. The van der Waals surface area contributed by atoms with E-state index in [1.165, 1.54) is 0 Å². The van der Waals surface area contributed by atoms with E-state index in [4.69, 9.17) is 11.6 Å². The zero-order chi connectivity index (χ0) is 18.1. The Labute approximate surface area is 157 Å². The second-order valence-corrected chi connectivity index (χ2v) is 6.91. The summed E-state index contributed by atoms with van der Waals surface area (Å²) in [6, 6.07) is 15.1. The van der Waals surface area contributed by atoms with Gasteiger partial charge in [0.05, 0.1) is 5.97 Å². The van der Waals surface area contributed by atoms with E-state index in [0.29, 0.717) is 16.0 Å². The smallest absolute Gasteiger partial charge is 0.196 e. The molecular formula is C18H12ClN4O2S-. The number of carboxylic acid groups (broad SMARTS) is 1. The lowest BCUT2D eigenvalue weighted by Gasteiger charge is -2.10. The molecule has 26 heavy (non-hydrogen) atoms. The van der Waals surface area contributed by atoms with Gasteiger partial charge in [-0.15, -0.1) is 10.2 Å². The average Bonchev–Trinajstić information content (AvgIpc) is 3.24. The fraction of sp³-hybridized carbons (Fsp3) is 0.0556. The lowest BCUT2D eigenvalue weighted by atomic mass is 10.1. The first kappa shape index (κ1) is 16.7. The number of hydrogen-bond acceptors (Lipinski definition) is 5. The monoisotopic (exact) mass is 383 g/mol. The number of fused-ring (bicyclic) bond motifs is 1. The van der Waals surface area contributed by atoms with E-state index in [9.17, 15) is 9.90 Å². The highest BCUT2D eigenvalue weighted by Gasteiger charge is 2.18. The van der Waals surface area contributed by atoms with Gasteiger partial charge in [0.2, 0.25) is 0 Å². The molecule has 0 atom stereocenters. The predicted molar refractivity (Wildman–Crippen MR) is 99.4 cm³/mol. The second kappa shape index (κ2) is 6.86. The van der Waals surface area contributed by atoms with E-state index in [1.807, 2.05) is 47.2 Å². The molecule has 0 aliphatic heterocycles. The van der Waals surface area contributed by atoms with E-state index >= 15 is 0 Å². The first-order chi connectivity index (χ1) is 12.6. The standard InChI is InChI=1S/C18H13ClN4O2S/c19-11-5-7-12(8-6-11)23-17(21-22-18(23)26-10-16(24)25)14-9-20-15-4-2-1-3-13(14)15/h1-9,20H,10H2,(H,24,25)/p-1. The van der Waals surface area contributed by atoms with Crippen molar-refractivity contribution in [1.82, 2.24) is 19.7 Å². The topological polar surface area (TPSA) is 86.6 Å². The molecule has 0 spiro atoms. The quantitative estimate of drug-likeness (QED) is 0.535. The van der Waals surface area contributed by atoms with Crippen LogP contribution in [0, 0.1) is 0 Å². The largest absolute Gasteiger partial charge is 0.549 e.